The molecule has 1 saturated heterocycles. The highest BCUT2D eigenvalue weighted by Gasteiger charge is 2.36. The van der Waals surface area contributed by atoms with Crippen LogP contribution in [0.1, 0.15) is 68.7 Å². The molecule has 2 aliphatic rings. The fourth-order valence-electron chi connectivity index (χ4n) is 4.38. The minimum Gasteiger partial charge on any atom is -0.444 e. The van der Waals surface area contributed by atoms with Crippen LogP contribution in [0.4, 0.5) is 0 Å². The Morgan fingerprint density at radius 3 is 2.50 bits per heavy atom. The van der Waals surface area contributed by atoms with Crippen molar-refractivity contribution in [2.75, 3.05) is 20.1 Å². The number of guanidine groups is 1. The summed E-state index contributed by atoms with van der Waals surface area (Å²) >= 11 is 0. The zero-order valence-corrected chi connectivity index (χ0v) is 15.5. The van der Waals surface area contributed by atoms with Crippen molar-refractivity contribution in [1.82, 2.24) is 15.2 Å². The molecule has 0 radical (unpaired) electrons. The molecule has 1 saturated carbocycles. The molecule has 134 valence electrons. The van der Waals surface area contributed by atoms with E-state index < -0.39 is 0 Å². The molecule has 1 aliphatic carbocycles. The number of aliphatic imine (C=N–C) groups is 1. The maximum atomic E-state index is 5.68. The lowest BCUT2D eigenvalue weighted by atomic mass is 9.74. The summed E-state index contributed by atoms with van der Waals surface area (Å²) in [6, 6.07) is 0. The second kappa shape index (κ2) is 7.58. The average molecular weight is 332 g/mol. The van der Waals surface area contributed by atoms with Gasteiger partial charge in [-0.1, -0.05) is 25.7 Å². The van der Waals surface area contributed by atoms with Crippen LogP contribution < -0.4 is 5.32 Å². The first-order valence-corrected chi connectivity index (χ1v) is 9.50. The zero-order chi connectivity index (χ0) is 17.0. The smallest absolute Gasteiger partial charge is 0.214 e. The Hall–Kier alpha value is -1.52. The van der Waals surface area contributed by atoms with Crippen molar-refractivity contribution in [3.63, 3.8) is 0 Å². The third kappa shape index (κ3) is 3.93. The first-order chi connectivity index (χ1) is 11.6. The number of oxazole rings is 1. The van der Waals surface area contributed by atoms with Gasteiger partial charge in [0.15, 0.2) is 5.96 Å². The monoisotopic (exact) mass is 332 g/mol. The number of aryl methyl sites for hydroxylation is 2. The third-order valence-corrected chi connectivity index (χ3v) is 5.81. The standard InChI is InChI=1S/C19H32N4O/c1-15-16(2)24-17(22-15)13-21-18(20-3)23-12-8-11-19(14-23)9-6-4-5-7-10-19/h4-14H2,1-3H3,(H,20,21). The molecule has 1 spiro atoms. The van der Waals surface area contributed by atoms with Crippen LogP contribution in [0.5, 0.6) is 0 Å². The maximum absolute atomic E-state index is 5.68. The number of rotatable bonds is 2. The van der Waals surface area contributed by atoms with E-state index in [-0.39, 0.29) is 0 Å². The van der Waals surface area contributed by atoms with Gasteiger partial charge in [-0.05, 0) is 44.9 Å². The van der Waals surface area contributed by atoms with Crippen LogP contribution in [0.2, 0.25) is 0 Å². The predicted octanol–water partition coefficient (Wildman–Crippen LogP) is 3.80. The summed E-state index contributed by atoms with van der Waals surface area (Å²) < 4.78 is 5.68. The number of nitrogens with zero attached hydrogens (tertiary/aromatic N) is 3. The molecule has 3 rings (SSSR count). The quantitative estimate of drug-likeness (QED) is 0.661. The van der Waals surface area contributed by atoms with E-state index in [0.717, 1.165) is 36.4 Å². The van der Waals surface area contributed by atoms with E-state index >= 15 is 0 Å². The van der Waals surface area contributed by atoms with Crippen molar-refractivity contribution < 1.29 is 4.42 Å². The van der Waals surface area contributed by atoms with Crippen LogP contribution in [-0.4, -0.2) is 36.0 Å². The van der Waals surface area contributed by atoms with Crippen molar-refractivity contribution in [3.8, 4) is 0 Å². The molecule has 1 N–H and O–H groups in total. The molecule has 2 fully saturated rings. The normalized spacial score (nSPS) is 21.8. The van der Waals surface area contributed by atoms with Gasteiger partial charge in [0.2, 0.25) is 5.89 Å². The Bertz CT molecular complexity index is 550. The number of hydrogen-bond acceptors (Lipinski definition) is 3. The highest BCUT2D eigenvalue weighted by Crippen LogP contribution is 2.42. The molecule has 5 heteroatoms. The Balaban J connectivity index is 1.62. The first kappa shape index (κ1) is 17.3. The molecule has 24 heavy (non-hydrogen) atoms. The van der Waals surface area contributed by atoms with E-state index in [0.29, 0.717) is 12.0 Å². The summed E-state index contributed by atoms with van der Waals surface area (Å²) in [5.74, 6) is 2.64. The van der Waals surface area contributed by atoms with Gasteiger partial charge in [0.25, 0.3) is 0 Å². The molecule has 1 aliphatic heterocycles. The van der Waals surface area contributed by atoms with Gasteiger partial charge in [0, 0.05) is 20.1 Å². The van der Waals surface area contributed by atoms with E-state index in [9.17, 15) is 0 Å². The largest absolute Gasteiger partial charge is 0.444 e. The van der Waals surface area contributed by atoms with Crippen LogP contribution in [0.15, 0.2) is 9.41 Å². The Kier molecular flexibility index (Phi) is 5.47. The molecule has 5 nitrogen and oxygen atoms in total. The van der Waals surface area contributed by atoms with Gasteiger partial charge >= 0.3 is 0 Å². The molecule has 0 bridgehead atoms. The fourth-order valence-corrected chi connectivity index (χ4v) is 4.38. The van der Waals surface area contributed by atoms with Crippen LogP contribution in [0, 0.1) is 19.3 Å². The van der Waals surface area contributed by atoms with Gasteiger partial charge in [0.1, 0.15) is 5.76 Å². The van der Waals surface area contributed by atoms with E-state index in [4.69, 9.17) is 4.42 Å². The van der Waals surface area contributed by atoms with E-state index in [2.05, 4.69) is 20.2 Å². The summed E-state index contributed by atoms with van der Waals surface area (Å²) in [7, 11) is 1.88. The average Bonchev–Trinajstić information content (AvgIpc) is 2.76. The molecular weight excluding hydrogens is 300 g/mol. The second-order valence-electron chi connectivity index (χ2n) is 7.59. The lowest BCUT2D eigenvalue weighted by Gasteiger charge is -2.44. The topological polar surface area (TPSA) is 53.7 Å². The zero-order valence-electron chi connectivity index (χ0n) is 15.5. The van der Waals surface area contributed by atoms with Crippen molar-refractivity contribution in [1.29, 1.82) is 0 Å². The van der Waals surface area contributed by atoms with Crippen molar-refractivity contribution >= 4 is 5.96 Å². The fraction of sp³-hybridized carbons (Fsp3) is 0.789. The summed E-state index contributed by atoms with van der Waals surface area (Å²) in [6.45, 7) is 6.80. The second-order valence-corrected chi connectivity index (χ2v) is 7.59. The molecule has 0 atom stereocenters. The summed E-state index contributed by atoms with van der Waals surface area (Å²) in [6.07, 6.45) is 11.1. The molecule has 1 aromatic heterocycles. The van der Waals surface area contributed by atoms with Gasteiger partial charge in [-0.2, -0.15) is 0 Å². The molecular formula is C19H32N4O. The van der Waals surface area contributed by atoms with Crippen molar-refractivity contribution in [3.05, 3.63) is 17.3 Å². The summed E-state index contributed by atoms with van der Waals surface area (Å²) in [5.41, 5.74) is 1.49. The minimum atomic E-state index is 0.516. The number of nitrogens with one attached hydrogen (secondary N) is 1. The summed E-state index contributed by atoms with van der Waals surface area (Å²) in [4.78, 5) is 11.4. The number of aromatic nitrogens is 1. The van der Waals surface area contributed by atoms with E-state index in [1.807, 2.05) is 20.9 Å². The Morgan fingerprint density at radius 2 is 1.88 bits per heavy atom. The third-order valence-electron chi connectivity index (χ3n) is 5.81. The Labute approximate surface area is 145 Å². The lowest BCUT2D eigenvalue weighted by molar-refractivity contribution is 0.115. The minimum absolute atomic E-state index is 0.516. The van der Waals surface area contributed by atoms with Crippen LogP contribution in [0.25, 0.3) is 0 Å². The van der Waals surface area contributed by atoms with E-state index in [1.165, 1.54) is 51.4 Å². The molecule has 0 amide bonds. The Morgan fingerprint density at radius 1 is 1.17 bits per heavy atom. The maximum Gasteiger partial charge on any atom is 0.214 e. The summed E-state index contributed by atoms with van der Waals surface area (Å²) in [5, 5.41) is 3.45. The molecule has 1 aromatic rings. The van der Waals surface area contributed by atoms with Gasteiger partial charge in [-0.25, -0.2) is 4.98 Å². The highest BCUT2D eigenvalue weighted by molar-refractivity contribution is 5.79. The molecule has 0 aromatic carbocycles. The number of piperidine rings is 1. The van der Waals surface area contributed by atoms with Crippen molar-refractivity contribution in [2.45, 2.75) is 71.8 Å². The van der Waals surface area contributed by atoms with Crippen LogP contribution in [-0.2, 0) is 6.54 Å². The predicted molar refractivity (Wildman–Crippen MR) is 97.1 cm³/mol. The molecule has 0 unspecified atom stereocenters. The molecule has 2 heterocycles. The van der Waals surface area contributed by atoms with E-state index in [1.54, 1.807) is 0 Å². The van der Waals surface area contributed by atoms with Crippen LogP contribution >= 0.6 is 0 Å². The SMILES string of the molecule is CN=C(NCc1nc(C)c(C)o1)N1CCCC2(CCCCCC2)C1. The number of likely N-dealkylation sites (tertiary alicyclic amines) is 1. The van der Waals surface area contributed by atoms with Crippen LogP contribution in [0.3, 0.4) is 0 Å². The first-order valence-electron chi connectivity index (χ1n) is 9.50. The van der Waals surface area contributed by atoms with Crippen molar-refractivity contribution in [2.24, 2.45) is 10.4 Å². The van der Waals surface area contributed by atoms with Gasteiger partial charge in [0.05, 0.1) is 12.2 Å². The highest BCUT2D eigenvalue weighted by atomic mass is 16.4. The van der Waals surface area contributed by atoms with Gasteiger partial charge < -0.3 is 14.6 Å². The van der Waals surface area contributed by atoms with Gasteiger partial charge in [-0.3, -0.25) is 4.99 Å². The number of hydrogen-bond donors (Lipinski definition) is 1. The van der Waals surface area contributed by atoms with Gasteiger partial charge in [-0.15, -0.1) is 0 Å². The lowest BCUT2D eigenvalue weighted by Crippen LogP contribution is -2.50.